The average Bonchev–Trinajstić information content (AvgIpc) is 3.59. The predicted octanol–water partition coefficient (Wildman–Crippen LogP) is 17.2. The monoisotopic (exact) mass is 816 g/mol. The zero-order valence-corrected chi connectivity index (χ0v) is 36.7. The number of hydrogen-bond donors (Lipinski definition) is 0. The Balaban J connectivity index is 0.939. The van der Waals surface area contributed by atoms with Gasteiger partial charge in [0.15, 0.2) is 0 Å². The second-order valence-electron chi connectivity index (χ2n) is 18.7. The van der Waals surface area contributed by atoms with E-state index in [2.05, 4.69) is 224 Å². The first-order valence-electron chi connectivity index (χ1n) is 23.3. The minimum absolute atomic E-state index is 0.122. The van der Waals surface area contributed by atoms with Crippen molar-refractivity contribution in [2.24, 2.45) is 0 Å². The average molecular weight is 817 g/mol. The molecule has 3 aliphatic carbocycles. The van der Waals surface area contributed by atoms with E-state index in [1.54, 1.807) is 0 Å². The number of benzene rings is 8. The van der Waals surface area contributed by atoms with Crippen molar-refractivity contribution in [1.82, 2.24) is 0 Å². The molecule has 2 heteroatoms. The van der Waals surface area contributed by atoms with Crippen LogP contribution in [0.1, 0.15) is 98.9 Å². The van der Waals surface area contributed by atoms with Crippen LogP contribution in [-0.2, 0) is 10.8 Å². The molecule has 0 heterocycles. The van der Waals surface area contributed by atoms with Gasteiger partial charge in [0.25, 0.3) is 0 Å². The summed E-state index contributed by atoms with van der Waals surface area (Å²) in [6, 6.07) is 70.6. The smallest absolute Gasteiger partial charge is 0.0465 e. The van der Waals surface area contributed by atoms with Gasteiger partial charge in [-0.05, 0) is 161 Å². The van der Waals surface area contributed by atoms with Gasteiger partial charge < -0.3 is 9.80 Å². The highest BCUT2D eigenvalue weighted by Gasteiger charge is 2.37. The van der Waals surface area contributed by atoms with Crippen LogP contribution >= 0.6 is 0 Å². The van der Waals surface area contributed by atoms with Gasteiger partial charge in [-0.15, -0.1) is 0 Å². The van der Waals surface area contributed by atoms with Crippen molar-refractivity contribution in [2.45, 2.75) is 82.0 Å². The van der Waals surface area contributed by atoms with Gasteiger partial charge in [0.05, 0.1) is 0 Å². The summed E-state index contributed by atoms with van der Waals surface area (Å²) in [4.78, 5) is 4.84. The summed E-state index contributed by atoms with van der Waals surface area (Å²) in [6.45, 7) is 4.77. The molecular formula is C61H56N2. The first-order chi connectivity index (χ1) is 31.0. The number of hydrogen-bond acceptors (Lipinski definition) is 2. The number of para-hydroxylation sites is 2. The molecule has 0 bridgehead atoms. The molecule has 2 nitrogen and oxygen atoms in total. The lowest BCUT2D eigenvalue weighted by Gasteiger charge is -2.36. The lowest BCUT2D eigenvalue weighted by molar-refractivity contribution is 0.443. The molecule has 1 saturated carbocycles. The highest BCUT2D eigenvalue weighted by Crippen LogP contribution is 2.53. The Hall–Kier alpha value is -6.64. The first-order valence-corrected chi connectivity index (χ1v) is 23.3. The second kappa shape index (κ2) is 16.2. The fourth-order valence-corrected chi connectivity index (χ4v) is 11.3. The molecule has 3 aliphatic rings. The van der Waals surface area contributed by atoms with E-state index in [-0.39, 0.29) is 10.8 Å². The minimum Gasteiger partial charge on any atom is -0.311 e. The van der Waals surface area contributed by atoms with E-state index >= 15 is 0 Å². The molecule has 1 unspecified atom stereocenters. The molecule has 8 aromatic carbocycles. The Morgan fingerprint density at radius 2 is 1.00 bits per heavy atom. The standard InChI is InChI=1S/C61H56N2/c1-60(2)57-40-27-46-19-13-14-24-55(46)59(57)56-39-38-54(43-58(56)60)63(50-22-11-5-12-23-50)53-36-30-48(31-37-53)61(41-15-6-16-42-61)47-28-34-52(35-29-47)62(49-20-9-4-10-21-49)51-32-25-45(26-33-51)44-17-7-3-8-18-44/h4-5,9-15,19-41,43-44H,3,6-8,16-18,42H2,1-2H3. The Kier molecular flexibility index (Phi) is 10.1. The number of fused-ring (bicyclic) bond motifs is 5. The molecule has 0 N–H and O–H groups in total. The second-order valence-corrected chi connectivity index (χ2v) is 18.7. The van der Waals surface area contributed by atoms with Gasteiger partial charge in [-0.25, -0.2) is 0 Å². The Morgan fingerprint density at radius 1 is 0.460 bits per heavy atom. The van der Waals surface area contributed by atoms with E-state index in [1.165, 1.54) is 105 Å². The molecule has 0 spiro atoms. The van der Waals surface area contributed by atoms with Crippen molar-refractivity contribution in [3.05, 3.63) is 228 Å². The number of rotatable bonds is 9. The van der Waals surface area contributed by atoms with E-state index in [9.17, 15) is 0 Å². The summed E-state index contributed by atoms with van der Waals surface area (Å²) in [6.07, 6.45) is 14.9. The van der Waals surface area contributed by atoms with E-state index in [1.807, 2.05) is 0 Å². The van der Waals surface area contributed by atoms with Crippen molar-refractivity contribution in [3.63, 3.8) is 0 Å². The van der Waals surface area contributed by atoms with Gasteiger partial charge in [-0.2, -0.15) is 0 Å². The molecular weight excluding hydrogens is 761 g/mol. The van der Waals surface area contributed by atoms with Crippen molar-refractivity contribution in [1.29, 1.82) is 0 Å². The fraction of sp³-hybridized carbons (Fsp3) is 0.213. The van der Waals surface area contributed by atoms with Crippen LogP contribution < -0.4 is 9.80 Å². The van der Waals surface area contributed by atoms with Crippen LogP contribution in [0.4, 0.5) is 34.1 Å². The van der Waals surface area contributed by atoms with Crippen LogP contribution in [0.15, 0.2) is 200 Å². The number of allylic oxidation sites excluding steroid dienone is 2. The van der Waals surface area contributed by atoms with Gasteiger partial charge in [-0.1, -0.05) is 161 Å². The Labute approximate surface area is 374 Å². The lowest BCUT2D eigenvalue weighted by atomic mass is 9.69. The van der Waals surface area contributed by atoms with Gasteiger partial charge in [-0.3, -0.25) is 0 Å². The van der Waals surface area contributed by atoms with E-state index in [0.717, 1.165) is 30.6 Å². The van der Waals surface area contributed by atoms with Crippen molar-refractivity contribution >= 4 is 44.9 Å². The molecule has 0 aromatic heterocycles. The SMILES string of the molecule is CC1(C)c2cc(N(c3ccccc3)c3ccc(C4(c5ccc(N(c6ccccc6)c6ccc(C7CCCCC7)cc6)cc5)C=CCCC4)cc3)ccc2-c2c1ccc1ccccc21. The van der Waals surface area contributed by atoms with Gasteiger partial charge in [0.2, 0.25) is 0 Å². The third-order valence-corrected chi connectivity index (χ3v) is 14.7. The Bertz CT molecular complexity index is 2900. The maximum absolute atomic E-state index is 2.48. The maximum Gasteiger partial charge on any atom is 0.0465 e. The first kappa shape index (κ1) is 39.2. The molecule has 1 atom stereocenters. The van der Waals surface area contributed by atoms with Crippen LogP contribution in [0.2, 0.25) is 0 Å². The van der Waals surface area contributed by atoms with Crippen LogP contribution in [0.5, 0.6) is 0 Å². The summed E-state index contributed by atoms with van der Waals surface area (Å²) in [5.74, 6) is 0.693. The number of nitrogens with zero attached hydrogens (tertiary/aromatic N) is 2. The largest absolute Gasteiger partial charge is 0.311 e. The summed E-state index contributed by atoms with van der Waals surface area (Å²) >= 11 is 0. The van der Waals surface area contributed by atoms with Gasteiger partial charge in [0, 0.05) is 45.0 Å². The molecule has 0 aliphatic heterocycles. The third kappa shape index (κ3) is 6.97. The summed E-state index contributed by atoms with van der Waals surface area (Å²) in [5, 5.41) is 2.62. The highest BCUT2D eigenvalue weighted by molar-refractivity contribution is 6.03. The third-order valence-electron chi connectivity index (χ3n) is 14.7. The van der Waals surface area contributed by atoms with Crippen molar-refractivity contribution in [3.8, 4) is 11.1 Å². The van der Waals surface area contributed by atoms with Crippen LogP contribution in [-0.4, -0.2) is 0 Å². The fourth-order valence-electron chi connectivity index (χ4n) is 11.3. The molecule has 0 saturated heterocycles. The van der Waals surface area contributed by atoms with Gasteiger partial charge >= 0.3 is 0 Å². The lowest BCUT2D eigenvalue weighted by Crippen LogP contribution is -2.27. The summed E-state index contributed by atoms with van der Waals surface area (Å²) in [7, 11) is 0. The highest BCUT2D eigenvalue weighted by atomic mass is 15.1. The van der Waals surface area contributed by atoms with E-state index in [0.29, 0.717) is 5.92 Å². The van der Waals surface area contributed by atoms with Crippen molar-refractivity contribution in [2.75, 3.05) is 9.80 Å². The van der Waals surface area contributed by atoms with Crippen LogP contribution in [0.3, 0.4) is 0 Å². The summed E-state index contributed by atoms with van der Waals surface area (Å²) < 4.78 is 0. The number of anilines is 6. The normalized spacial score (nSPS) is 17.9. The predicted molar refractivity (Wildman–Crippen MR) is 267 cm³/mol. The molecule has 11 rings (SSSR count). The summed E-state index contributed by atoms with van der Waals surface area (Å²) in [5.41, 5.74) is 16.4. The topological polar surface area (TPSA) is 6.48 Å². The zero-order chi connectivity index (χ0) is 42.4. The van der Waals surface area contributed by atoms with Crippen LogP contribution in [0, 0.1) is 0 Å². The molecule has 310 valence electrons. The molecule has 8 aromatic rings. The quantitative estimate of drug-likeness (QED) is 0.134. The molecule has 1 fully saturated rings. The van der Waals surface area contributed by atoms with Crippen molar-refractivity contribution < 1.29 is 0 Å². The van der Waals surface area contributed by atoms with E-state index < -0.39 is 0 Å². The molecule has 63 heavy (non-hydrogen) atoms. The zero-order valence-electron chi connectivity index (χ0n) is 36.7. The molecule has 0 radical (unpaired) electrons. The molecule has 0 amide bonds. The maximum atomic E-state index is 2.48. The van der Waals surface area contributed by atoms with Gasteiger partial charge in [0.1, 0.15) is 0 Å². The van der Waals surface area contributed by atoms with E-state index in [4.69, 9.17) is 0 Å². The Morgan fingerprint density at radius 3 is 1.60 bits per heavy atom. The van der Waals surface area contributed by atoms with Crippen LogP contribution in [0.25, 0.3) is 21.9 Å². The minimum atomic E-state index is -0.210.